The third-order valence-electron chi connectivity index (χ3n) is 4.76. The average molecular weight is 391 g/mol. The molecule has 7 nitrogen and oxygen atoms in total. The van der Waals surface area contributed by atoms with Crippen molar-refractivity contribution < 1.29 is 17.2 Å². The molecule has 0 saturated carbocycles. The Kier molecular flexibility index (Phi) is 4.27. The molecule has 0 spiro atoms. The molecule has 2 aromatic carbocycles. The maximum absolute atomic E-state index is 13.3. The molecule has 1 fully saturated rings. The lowest BCUT2D eigenvalue weighted by atomic mass is 10.2. The van der Waals surface area contributed by atoms with Crippen LogP contribution in [0.3, 0.4) is 0 Å². The SMILES string of the molecule is Cc1cc(F)ccc1S(=O)(=O)N1CCN(c2cccc3[nH]c(=O)oc23)CC1. The molecule has 1 saturated heterocycles. The van der Waals surface area contributed by atoms with Gasteiger partial charge in [0.15, 0.2) is 5.58 Å². The molecule has 0 amide bonds. The van der Waals surface area contributed by atoms with Crippen molar-refractivity contribution in [3.63, 3.8) is 0 Å². The molecule has 0 aliphatic carbocycles. The van der Waals surface area contributed by atoms with Crippen LogP contribution in [0.2, 0.25) is 0 Å². The van der Waals surface area contributed by atoms with Gasteiger partial charge in [0.05, 0.1) is 16.1 Å². The maximum atomic E-state index is 13.3. The predicted octanol–water partition coefficient (Wildman–Crippen LogP) is 2.08. The van der Waals surface area contributed by atoms with Crippen LogP contribution in [0.5, 0.6) is 0 Å². The van der Waals surface area contributed by atoms with E-state index >= 15 is 0 Å². The quantitative estimate of drug-likeness (QED) is 0.739. The van der Waals surface area contributed by atoms with Gasteiger partial charge in [-0.2, -0.15) is 4.31 Å². The molecule has 0 atom stereocenters. The predicted molar refractivity (Wildman–Crippen MR) is 98.9 cm³/mol. The average Bonchev–Trinajstić information content (AvgIpc) is 3.01. The number of para-hydroxylation sites is 1. The normalized spacial score (nSPS) is 16.1. The van der Waals surface area contributed by atoms with Gasteiger partial charge in [-0.25, -0.2) is 17.6 Å². The number of benzene rings is 2. The van der Waals surface area contributed by atoms with Crippen molar-refractivity contribution in [2.75, 3.05) is 31.1 Å². The number of rotatable bonds is 3. The van der Waals surface area contributed by atoms with Gasteiger partial charge >= 0.3 is 5.76 Å². The van der Waals surface area contributed by atoms with Crippen LogP contribution in [0.1, 0.15) is 5.56 Å². The van der Waals surface area contributed by atoms with Crippen molar-refractivity contribution in [3.8, 4) is 0 Å². The van der Waals surface area contributed by atoms with Gasteiger partial charge in [-0.15, -0.1) is 0 Å². The second-order valence-electron chi connectivity index (χ2n) is 6.47. The van der Waals surface area contributed by atoms with Gasteiger partial charge in [-0.05, 0) is 42.8 Å². The first-order chi connectivity index (χ1) is 12.9. The fourth-order valence-corrected chi connectivity index (χ4v) is 5.05. The summed E-state index contributed by atoms with van der Waals surface area (Å²) in [5.74, 6) is -0.984. The van der Waals surface area contributed by atoms with E-state index in [1.807, 2.05) is 17.0 Å². The first-order valence-corrected chi connectivity index (χ1v) is 9.93. The third kappa shape index (κ3) is 3.13. The van der Waals surface area contributed by atoms with Crippen LogP contribution < -0.4 is 10.7 Å². The van der Waals surface area contributed by atoms with Crippen LogP contribution >= 0.6 is 0 Å². The molecular weight excluding hydrogens is 373 g/mol. The number of sulfonamides is 1. The molecule has 3 aromatic rings. The summed E-state index contributed by atoms with van der Waals surface area (Å²) in [5, 5.41) is 0. The lowest BCUT2D eigenvalue weighted by molar-refractivity contribution is 0.384. The number of fused-ring (bicyclic) bond motifs is 1. The van der Waals surface area contributed by atoms with E-state index in [1.165, 1.54) is 16.4 Å². The minimum atomic E-state index is -3.69. The van der Waals surface area contributed by atoms with Crippen molar-refractivity contribution in [2.24, 2.45) is 0 Å². The number of aryl methyl sites for hydroxylation is 1. The fourth-order valence-electron chi connectivity index (χ4n) is 3.42. The van der Waals surface area contributed by atoms with E-state index in [4.69, 9.17) is 4.42 Å². The number of aromatic nitrogens is 1. The fraction of sp³-hybridized carbons (Fsp3) is 0.278. The molecular formula is C18H18FN3O4S. The van der Waals surface area contributed by atoms with E-state index in [2.05, 4.69) is 4.98 Å². The number of halogens is 1. The number of nitrogens with zero attached hydrogens (tertiary/aromatic N) is 2. The van der Waals surface area contributed by atoms with Gasteiger partial charge < -0.3 is 9.32 Å². The molecule has 2 heterocycles. The summed E-state index contributed by atoms with van der Waals surface area (Å²) in [6.45, 7) is 3.05. The summed E-state index contributed by atoms with van der Waals surface area (Å²) < 4.78 is 45.7. The standard InChI is InChI=1S/C18H18FN3O4S/c1-12-11-13(19)5-6-16(12)27(24,25)22-9-7-21(8-10-22)15-4-2-3-14-17(15)26-18(23)20-14/h2-6,11H,7-10H2,1H3,(H,20,23). The summed E-state index contributed by atoms with van der Waals surface area (Å²) in [6.07, 6.45) is 0. The molecule has 4 rings (SSSR count). The molecule has 142 valence electrons. The van der Waals surface area contributed by atoms with Crippen molar-refractivity contribution in [3.05, 3.63) is 58.3 Å². The van der Waals surface area contributed by atoms with Crippen molar-refractivity contribution in [1.82, 2.24) is 9.29 Å². The Morgan fingerprint density at radius 3 is 2.56 bits per heavy atom. The molecule has 0 radical (unpaired) electrons. The number of nitrogens with one attached hydrogen (secondary N) is 1. The molecule has 1 N–H and O–H groups in total. The van der Waals surface area contributed by atoms with Crippen LogP contribution in [0.25, 0.3) is 11.1 Å². The Morgan fingerprint density at radius 2 is 1.85 bits per heavy atom. The molecule has 9 heteroatoms. The smallest absolute Gasteiger partial charge is 0.406 e. The minimum absolute atomic E-state index is 0.121. The zero-order chi connectivity index (χ0) is 19.2. The maximum Gasteiger partial charge on any atom is 0.417 e. The summed E-state index contributed by atoms with van der Waals surface area (Å²) >= 11 is 0. The lowest BCUT2D eigenvalue weighted by Gasteiger charge is -2.35. The molecule has 1 aliphatic heterocycles. The number of oxazole rings is 1. The van der Waals surface area contributed by atoms with Gasteiger partial charge in [-0.3, -0.25) is 4.98 Å². The summed E-state index contributed by atoms with van der Waals surface area (Å²) in [5.41, 5.74) is 2.21. The van der Waals surface area contributed by atoms with Gasteiger partial charge in [0.1, 0.15) is 5.82 Å². The Labute approximate surface area is 155 Å². The summed E-state index contributed by atoms with van der Waals surface area (Å²) in [7, 11) is -3.69. The van der Waals surface area contributed by atoms with E-state index in [0.717, 1.165) is 11.8 Å². The lowest BCUT2D eigenvalue weighted by Crippen LogP contribution is -2.48. The minimum Gasteiger partial charge on any atom is -0.406 e. The van der Waals surface area contributed by atoms with E-state index in [-0.39, 0.29) is 18.0 Å². The van der Waals surface area contributed by atoms with E-state index < -0.39 is 21.6 Å². The molecule has 1 aliphatic rings. The van der Waals surface area contributed by atoms with Crippen LogP contribution in [-0.2, 0) is 10.0 Å². The van der Waals surface area contributed by atoms with Crippen molar-refractivity contribution >= 4 is 26.8 Å². The zero-order valence-electron chi connectivity index (χ0n) is 14.6. The highest BCUT2D eigenvalue weighted by Crippen LogP contribution is 2.28. The topological polar surface area (TPSA) is 86.6 Å². The van der Waals surface area contributed by atoms with Gasteiger partial charge in [0.2, 0.25) is 10.0 Å². The van der Waals surface area contributed by atoms with Crippen LogP contribution in [0, 0.1) is 12.7 Å². The van der Waals surface area contributed by atoms with Crippen molar-refractivity contribution in [2.45, 2.75) is 11.8 Å². The van der Waals surface area contributed by atoms with E-state index in [9.17, 15) is 17.6 Å². The monoisotopic (exact) mass is 391 g/mol. The van der Waals surface area contributed by atoms with Gasteiger partial charge in [0, 0.05) is 26.2 Å². The number of hydrogen-bond acceptors (Lipinski definition) is 5. The Morgan fingerprint density at radius 1 is 1.11 bits per heavy atom. The van der Waals surface area contributed by atoms with Gasteiger partial charge in [0.25, 0.3) is 0 Å². The summed E-state index contributed by atoms with van der Waals surface area (Å²) in [6, 6.07) is 9.09. The molecule has 1 aromatic heterocycles. The largest absolute Gasteiger partial charge is 0.417 e. The number of aromatic amines is 1. The second-order valence-corrected chi connectivity index (χ2v) is 8.38. The van der Waals surface area contributed by atoms with Gasteiger partial charge in [-0.1, -0.05) is 6.07 Å². The highest BCUT2D eigenvalue weighted by molar-refractivity contribution is 7.89. The third-order valence-corrected chi connectivity index (χ3v) is 6.82. The van der Waals surface area contributed by atoms with Crippen molar-refractivity contribution in [1.29, 1.82) is 0 Å². The van der Waals surface area contributed by atoms with Crippen LogP contribution in [0.4, 0.5) is 10.1 Å². The first kappa shape index (κ1) is 17.7. The number of anilines is 1. The number of hydrogen-bond donors (Lipinski definition) is 1. The number of H-pyrrole nitrogens is 1. The Hall–Kier alpha value is -2.65. The highest BCUT2D eigenvalue weighted by Gasteiger charge is 2.30. The second kappa shape index (κ2) is 6.50. The summed E-state index contributed by atoms with van der Waals surface area (Å²) in [4.78, 5) is 16.2. The van der Waals surface area contributed by atoms with Crippen LogP contribution in [-0.4, -0.2) is 43.9 Å². The molecule has 27 heavy (non-hydrogen) atoms. The zero-order valence-corrected chi connectivity index (χ0v) is 15.4. The Balaban J connectivity index is 1.57. The van der Waals surface area contributed by atoms with Crippen LogP contribution in [0.15, 0.2) is 50.5 Å². The molecule has 0 bridgehead atoms. The highest BCUT2D eigenvalue weighted by atomic mass is 32.2. The molecule has 0 unspecified atom stereocenters. The Bertz CT molecular complexity index is 1160. The first-order valence-electron chi connectivity index (χ1n) is 8.49. The van der Waals surface area contributed by atoms with E-state index in [1.54, 1.807) is 13.0 Å². The number of piperazine rings is 1. The van der Waals surface area contributed by atoms with E-state index in [0.29, 0.717) is 29.8 Å².